The molecule has 0 aliphatic heterocycles. The van der Waals surface area contributed by atoms with Gasteiger partial charge in [-0.05, 0) is 33.8 Å². The number of carbonyl (C=O) groups is 2. The van der Waals surface area contributed by atoms with Crippen LogP contribution in [0.4, 0.5) is 0 Å². The highest BCUT2D eigenvalue weighted by Gasteiger charge is 2.01. The lowest BCUT2D eigenvalue weighted by molar-refractivity contribution is -0.125. The number of hydrogen-bond acceptors (Lipinski definition) is 2. The largest absolute Gasteiger partial charge is 0.353 e. The molecule has 0 saturated carbocycles. The third-order valence-corrected chi connectivity index (χ3v) is 1.97. The van der Waals surface area contributed by atoms with Crippen molar-refractivity contribution >= 4 is 11.8 Å². The maximum atomic E-state index is 10.8. The second-order valence-corrected chi connectivity index (χ2v) is 3.35. The Labute approximate surface area is 104 Å². The number of hydrogen-bond donors (Lipinski definition) is 1. The van der Waals surface area contributed by atoms with Crippen LogP contribution in [0.15, 0.2) is 24.8 Å². The van der Waals surface area contributed by atoms with Gasteiger partial charge in [-0.3, -0.25) is 9.59 Å². The van der Waals surface area contributed by atoms with Crippen LogP contribution >= 0.6 is 0 Å². The molecule has 0 aromatic rings. The van der Waals surface area contributed by atoms with Gasteiger partial charge in [0.15, 0.2) is 0 Å². The van der Waals surface area contributed by atoms with Gasteiger partial charge >= 0.3 is 0 Å². The molecule has 0 unspecified atom stereocenters. The van der Waals surface area contributed by atoms with Gasteiger partial charge in [-0.15, -0.1) is 0 Å². The maximum Gasteiger partial charge on any atom is 0.246 e. The van der Waals surface area contributed by atoms with Crippen LogP contribution in [0.2, 0.25) is 0 Å². The molecule has 0 radical (unpaired) electrons. The van der Waals surface area contributed by atoms with Gasteiger partial charge in [-0.2, -0.15) is 0 Å². The first-order valence-electron chi connectivity index (χ1n) is 5.79. The lowest BCUT2D eigenvalue weighted by atomic mass is 10.3. The van der Waals surface area contributed by atoms with Gasteiger partial charge in [0.05, 0.1) is 0 Å². The summed E-state index contributed by atoms with van der Waals surface area (Å²) in [6.07, 6.45) is 1.34. The first-order chi connectivity index (χ1) is 7.94. The van der Waals surface area contributed by atoms with Gasteiger partial charge in [0.2, 0.25) is 11.8 Å². The van der Waals surface area contributed by atoms with Gasteiger partial charge < -0.3 is 10.2 Å². The summed E-state index contributed by atoms with van der Waals surface area (Å²) < 4.78 is 0. The van der Waals surface area contributed by atoms with Crippen molar-refractivity contribution in [2.45, 2.75) is 27.7 Å². The van der Waals surface area contributed by atoms with E-state index in [4.69, 9.17) is 0 Å². The topological polar surface area (TPSA) is 49.4 Å². The van der Waals surface area contributed by atoms with Crippen molar-refractivity contribution < 1.29 is 9.59 Å². The Balaban J connectivity index is 0. The van der Waals surface area contributed by atoms with Crippen molar-refractivity contribution in [3.8, 4) is 0 Å². The molecular weight excluding hydrogens is 216 g/mol. The predicted octanol–water partition coefficient (Wildman–Crippen LogP) is 1.74. The van der Waals surface area contributed by atoms with E-state index in [-0.39, 0.29) is 11.8 Å². The van der Waals surface area contributed by atoms with Crippen LogP contribution in [-0.4, -0.2) is 36.3 Å². The molecule has 98 valence electrons. The van der Waals surface area contributed by atoms with Crippen LogP contribution in [0.1, 0.15) is 27.7 Å². The van der Waals surface area contributed by atoms with Crippen molar-refractivity contribution in [3.63, 3.8) is 0 Å². The molecular formula is C13H24N2O2. The Bertz CT molecular complexity index is 269. The molecule has 0 spiro atoms. The van der Waals surface area contributed by atoms with Crippen LogP contribution in [0.25, 0.3) is 0 Å². The molecule has 1 N–H and O–H groups in total. The summed E-state index contributed by atoms with van der Waals surface area (Å²) in [6.45, 7) is 16.5. The summed E-state index contributed by atoms with van der Waals surface area (Å²) in [6, 6.07) is 0. The van der Waals surface area contributed by atoms with Crippen molar-refractivity contribution in [1.82, 2.24) is 10.2 Å². The summed E-state index contributed by atoms with van der Waals surface area (Å²) >= 11 is 0. The highest BCUT2D eigenvalue weighted by atomic mass is 16.2. The Morgan fingerprint density at radius 2 is 1.71 bits per heavy atom. The van der Waals surface area contributed by atoms with E-state index >= 15 is 0 Å². The molecule has 4 nitrogen and oxygen atoms in total. The zero-order valence-corrected chi connectivity index (χ0v) is 11.4. The van der Waals surface area contributed by atoms with E-state index < -0.39 is 0 Å². The van der Waals surface area contributed by atoms with Crippen molar-refractivity contribution in [3.05, 3.63) is 24.8 Å². The Kier molecular flexibility index (Phi) is 11.4. The average Bonchev–Trinajstić information content (AvgIpc) is 2.31. The van der Waals surface area contributed by atoms with Gasteiger partial charge in [0, 0.05) is 25.2 Å². The second-order valence-electron chi connectivity index (χ2n) is 3.35. The molecule has 0 rings (SSSR count). The van der Waals surface area contributed by atoms with Gasteiger partial charge in [-0.25, -0.2) is 0 Å². The van der Waals surface area contributed by atoms with Crippen LogP contribution in [0.5, 0.6) is 0 Å². The standard InChI is InChI=1S/C7H13NO.C6H11NO/c1-4-7(9)8(5-2)6-3;1-4-7-6(8)5(2)3/h4H,1,5-6H2,2-3H3;2,4H2,1,3H3,(H,7,8). The summed E-state index contributed by atoms with van der Waals surface area (Å²) in [5.41, 5.74) is 0.562. The van der Waals surface area contributed by atoms with E-state index in [1.165, 1.54) is 6.08 Å². The van der Waals surface area contributed by atoms with E-state index in [0.29, 0.717) is 12.1 Å². The number of likely N-dealkylation sites (N-methyl/N-ethyl adjacent to an activating group) is 2. The first kappa shape index (κ1) is 17.8. The van der Waals surface area contributed by atoms with Crippen molar-refractivity contribution in [1.29, 1.82) is 0 Å². The fraction of sp³-hybridized carbons (Fsp3) is 0.538. The average molecular weight is 240 g/mol. The minimum absolute atomic E-state index is 0.0139. The van der Waals surface area contributed by atoms with Gasteiger partial charge in [-0.1, -0.05) is 13.2 Å². The fourth-order valence-electron chi connectivity index (χ4n) is 0.976. The van der Waals surface area contributed by atoms with Crippen molar-refractivity contribution in [2.24, 2.45) is 0 Å². The Hall–Kier alpha value is -1.58. The SMILES string of the molecule is C=C(C)C(=O)NCC.C=CC(=O)N(CC)CC. The smallest absolute Gasteiger partial charge is 0.246 e. The molecule has 4 heteroatoms. The Morgan fingerprint density at radius 1 is 1.24 bits per heavy atom. The molecule has 0 aliphatic rings. The molecule has 0 atom stereocenters. The molecule has 0 aromatic heterocycles. The number of carbonyl (C=O) groups excluding carboxylic acids is 2. The second kappa shape index (κ2) is 10.9. The first-order valence-corrected chi connectivity index (χ1v) is 5.79. The molecule has 2 amide bonds. The number of rotatable bonds is 5. The summed E-state index contributed by atoms with van der Waals surface area (Å²) in [4.78, 5) is 23.0. The molecule has 0 aromatic carbocycles. The van der Waals surface area contributed by atoms with E-state index in [9.17, 15) is 9.59 Å². The van der Waals surface area contributed by atoms with Crippen LogP contribution in [0, 0.1) is 0 Å². The van der Waals surface area contributed by atoms with E-state index in [0.717, 1.165) is 13.1 Å². The van der Waals surface area contributed by atoms with E-state index in [2.05, 4.69) is 18.5 Å². The summed E-state index contributed by atoms with van der Waals surface area (Å²) in [7, 11) is 0. The lowest BCUT2D eigenvalue weighted by Crippen LogP contribution is -2.28. The Morgan fingerprint density at radius 3 is 1.82 bits per heavy atom. The third-order valence-electron chi connectivity index (χ3n) is 1.97. The fourth-order valence-corrected chi connectivity index (χ4v) is 0.976. The van der Waals surface area contributed by atoms with E-state index in [1.54, 1.807) is 11.8 Å². The third kappa shape index (κ3) is 9.35. The number of amides is 2. The highest BCUT2D eigenvalue weighted by Crippen LogP contribution is 1.87. The van der Waals surface area contributed by atoms with Crippen LogP contribution in [-0.2, 0) is 9.59 Å². The van der Waals surface area contributed by atoms with Gasteiger partial charge in [0.25, 0.3) is 0 Å². The maximum absolute atomic E-state index is 10.8. The highest BCUT2D eigenvalue weighted by molar-refractivity contribution is 5.91. The zero-order valence-electron chi connectivity index (χ0n) is 11.4. The molecule has 0 fully saturated rings. The minimum atomic E-state index is -0.0625. The molecule has 0 heterocycles. The zero-order chi connectivity index (χ0) is 13.8. The monoisotopic (exact) mass is 240 g/mol. The molecule has 17 heavy (non-hydrogen) atoms. The summed E-state index contributed by atoms with van der Waals surface area (Å²) in [5.74, 6) is -0.0486. The predicted molar refractivity (Wildman–Crippen MR) is 71.6 cm³/mol. The lowest BCUT2D eigenvalue weighted by Gasteiger charge is -2.15. The van der Waals surface area contributed by atoms with Crippen molar-refractivity contribution in [2.75, 3.05) is 19.6 Å². The molecule has 0 bridgehead atoms. The van der Waals surface area contributed by atoms with E-state index in [1.807, 2.05) is 20.8 Å². The molecule has 0 saturated heterocycles. The number of nitrogens with one attached hydrogen (secondary N) is 1. The quantitative estimate of drug-likeness (QED) is 0.744. The number of nitrogens with zero attached hydrogens (tertiary/aromatic N) is 1. The van der Waals surface area contributed by atoms with Crippen LogP contribution < -0.4 is 5.32 Å². The summed E-state index contributed by atoms with van der Waals surface area (Å²) in [5, 5.41) is 2.61. The van der Waals surface area contributed by atoms with Crippen LogP contribution in [0.3, 0.4) is 0 Å². The van der Waals surface area contributed by atoms with Gasteiger partial charge in [0.1, 0.15) is 0 Å². The normalized spacial score (nSPS) is 8.47. The minimum Gasteiger partial charge on any atom is -0.353 e. The molecule has 0 aliphatic carbocycles.